The van der Waals surface area contributed by atoms with Crippen molar-refractivity contribution in [2.75, 3.05) is 0 Å². The van der Waals surface area contributed by atoms with E-state index in [9.17, 15) is 5.11 Å². The van der Waals surface area contributed by atoms with E-state index in [1.807, 2.05) is 12.1 Å². The standard InChI is InChI=1S/C20H26O/c1-3-4-5-6-7-17-8-10-18(11-9-17)16(2)19-12-14-20(21)15-13-19/h8-16,21H,3-7H2,1-2H3. The third-order valence-electron chi connectivity index (χ3n) is 4.19. The Hall–Kier alpha value is -1.76. The molecule has 1 atom stereocenters. The van der Waals surface area contributed by atoms with Gasteiger partial charge in [-0.15, -0.1) is 0 Å². The summed E-state index contributed by atoms with van der Waals surface area (Å²) in [6.45, 7) is 4.46. The number of benzene rings is 2. The molecule has 0 amide bonds. The summed E-state index contributed by atoms with van der Waals surface area (Å²) in [7, 11) is 0. The molecule has 0 aliphatic carbocycles. The van der Waals surface area contributed by atoms with E-state index in [1.54, 1.807) is 12.1 Å². The zero-order valence-corrected chi connectivity index (χ0v) is 13.2. The monoisotopic (exact) mass is 282 g/mol. The lowest BCUT2D eigenvalue weighted by molar-refractivity contribution is 0.475. The highest BCUT2D eigenvalue weighted by molar-refractivity contribution is 5.36. The molecule has 2 aromatic rings. The van der Waals surface area contributed by atoms with Crippen molar-refractivity contribution in [2.24, 2.45) is 0 Å². The molecule has 1 heteroatoms. The summed E-state index contributed by atoms with van der Waals surface area (Å²) in [5.74, 6) is 0.688. The van der Waals surface area contributed by atoms with Crippen LogP contribution in [0, 0.1) is 0 Å². The first-order valence-corrected chi connectivity index (χ1v) is 8.08. The van der Waals surface area contributed by atoms with Crippen LogP contribution < -0.4 is 0 Å². The van der Waals surface area contributed by atoms with Crippen molar-refractivity contribution in [3.63, 3.8) is 0 Å². The molecule has 0 heterocycles. The summed E-state index contributed by atoms with van der Waals surface area (Å²) in [5.41, 5.74) is 4.01. The average Bonchev–Trinajstić information content (AvgIpc) is 2.52. The smallest absolute Gasteiger partial charge is 0.115 e. The minimum atomic E-state index is 0.327. The lowest BCUT2D eigenvalue weighted by Crippen LogP contribution is -1.96. The van der Waals surface area contributed by atoms with Gasteiger partial charge in [-0.1, -0.05) is 69.5 Å². The maximum absolute atomic E-state index is 9.37. The number of aromatic hydroxyl groups is 1. The van der Waals surface area contributed by atoms with Crippen molar-refractivity contribution < 1.29 is 5.11 Å². The molecule has 112 valence electrons. The van der Waals surface area contributed by atoms with Gasteiger partial charge in [0.25, 0.3) is 0 Å². The molecular weight excluding hydrogens is 256 g/mol. The Morgan fingerprint density at radius 1 is 0.810 bits per heavy atom. The predicted octanol–water partition coefficient (Wildman–Crippen LogP) is 5.67. The van der Waals surface area contributed by atoms with E-state index in [-0.39, 0.29) is 0 Å². The van der Waals surface area contributed by atoms with Crippen LogP contribution in [0.2, 0.25) is 0 Å². The highest BCUT2D eigenvalue weighted by Crippen LogP contribution is 2.26. The predicted molar refractivity (Wildman–Crippen MR) is 89.9 cm³/mol. The topological polar surface area (TPSA) is 20.2 Å². The Labute approximate surface area is 128 Å². The van der Waals surface area contributed by atoms with Gasteiger partial charge in [0.15, 0.2) is 0 Å². The number of phenolic OH excluding ortho intramolecular Hbond substituents is 1. The first-order chi connectivity index (χ1) is 10.2. The molecule has 1 nitrogen and oxygen atoms in total. The van der Waals surface area contributed by atoms with Gasteiger partial charge < -0.3 is 5.11 Å². The van der Waals surface area contributed by atoms with Gasteiger partial charge in [0, 0.05) is 5.92 Å². The summed E-state index contributed by atoms with van der Waals surface area (Å²) in [5, 5.41) is 9.37. The first-order valence-electron chi connectivity index (χ1n) is 8.08. The molecule has 0 radical (unpaired) electrons. The zero-order valence-electron chi connectivity index (χ0n) is 13.2. The summed E-state index contributed by atoms with van der Waals surface area (Å²) >= 11 is 0. The van der Waals surface area contributed by atoms with Crippen LogP contribution in [0.3, 0.4) is 0 Å². The lowest BCUT2D eigenvalue weighted by Gasteiger charge is -2.13. The molecule has 0 saturated heterocycles. The van der Waals surface area contributed by atoms with E-state index in [0.717, 1.165) is 0 Å². The normalized spacial score (nSPS) is 12.3. The van der Waals surface area contributed by atoms with Gasteiger partial charge in [0.1, 0.15) is 5.75 Å². The van der Waals surface area contributed by atoms with Crippen LogP contribution in [0.5, 0.6) is 5.75 Å². The molecule has 1 unspecified atom stereocenters. The fourth-order valence-electron chi connectivity index (χ4n) is 2.68. The molecule has 0 aliphatic heterocycles. The summed E-state index contributed by atoms with van der Waals surface area (Å²) < 4.78 is 0. The van der Waals surface area contributed by atoms with Gasteiger partial charge in [-0.2, -0.15) is 0 Å². The fourth-order valence-corrected chi connectivity index (χ4v) is 2.68. The quantitative estimate of drug-likeness (QED) is 0.649. The number of hydrogen-bond donors (Lipinski definition) is 1. The molecule has 1 N–H and O–H groups in total. The van der Waals surface area contributed by atoms with Gasteiger partial charge in [0.05, 0.1) is 0 Å². The van der Waals surface area contributed by atoms with Crippen LogP contribution in [-0.2, 0) is 6.42 Å². The maximum atomic E-state index is 9.37. The lowest BCUT2D eigenvalue weighted by atomic mass is 9.92. The highest BCUT2D eigenvalue weighted by atomic mass is 16.3. The van der Waals surface area contributed by atoms with E-state index in [4.69, 9.17) is 0 Å². The molecule has 0 aliphatic rings. The molecule has 2 rings (SSSR count). The Morgan fingerprint density at radius 3 is 1.95 bits per heavy atom. The van der Waals surface area contributed by atoms with Crippen LogP contribution in [0.4, 0.5) is 0 Å². The summed E-state index contributed by atoms with van der Waals surface area (Å²) in [4.78, 5) is 0. The van der Waals surface area contributed by atoms with Crippen LogP contribution in [-0.4, -0.2) is 5.11 Å². The Bertz CT molecular complexity index is 525. The van der Waals surface area contributed by atoms with Crippen LogP contribution in [0.25, 0.3) is 0 Å². The number of unbranched alkanes of at least 4 members (excludes halogenated alkanes) is 3. The second kappa shape index (κ2) is 7.87. The van der Waals surface area contributed by atoms with Gasteiger partial charge >= 0.3 is 0 Å². The molecular formula is C20H26O. The molecule has 0 fully saturated rings. The molecule has 0 saturated carbocycles. The van der Waals surface area contributed by atoms with Crippen molar-refractivity contribution in [3.05, 3.63) is 65.2 Å². The second-order valence-corrected chi connectivity index (χ2v) is 5.87. The Balaban J connectivity index is 1.96. The maximum Gasteiger partial charge on any atom is 0.115 e. The minimum absolute atomic E-state index is 0.327. The van der Waals surface area contributed by atoms with Crippen molar-refractivity contribution in [1.82, 2.24) is 0 Å². The van der Waals surface area contributed by atoms with Crippen LogP contribution in [0.1, 0.15) is 62.1 Å². The number of hydrogen-bond acceptors (Lipinski definition) is 1. The molecule has 0 bridgehead atoms. The van der Waals surface area contributed by atoms with Crippen molar-refractivity contribution in [1.29, 1.82) is 0 Å². The van der Waals surface area contributed by atoms with E-state index in [2.05, 4.69) is 38.1 Å². The van der Waals surface area contributed by atoms with Gasteiger partial charge in [-0.3, -0.25) is 0 Å². The minimum Gasteiger partial charge on any atom is -0.508 e. The fraction of sp³-hybridized carbons (Fsp3) is 0.400. The van der Waals surface area contributed by atoms with Crippen molar-refractivity contribution in [3.8, 4) is 5.75 Å². The van der Waals surface area contributed by atoms with Crippen LogP contribution in [0.15, 0.2) is 48.5 Å². The SMILES string of the molecule is CCCCCCc1ccc(C(C)c2ccc(O)cc2)cc1. The third kappa shape index (κ3) is 4.63. The van der Waals surface area contributed by atoms with Crippen molar-refractivity contribution in [2.45, 2.75) is 51.9 Å². The number of phenols is 1. The Morgan fingerprint density at radius 2 is 1.38 bits per heavy atom. The van der Waals surface area contributed by atoms with Crippen molar-refractivity contribution >= 4 is 0 Å². The van der Waals surface area contributed by atoms with Gasteiger partial charge in [0.2, 0.25) is 0 Å². The van der Waals surface area contributed by atoms with Gasteiger partial charge in [-0.25, -0.2) is 0 Å². The molecule has 2 aromatic carbocycles. The van der Waals surface area contributed by atoms with E-state index in [1.165, 1.54) is 48.8 Å². The third-order valence-corrected chi connectivity index (χ3v) is 4.19. The molecule has 21 heavy (non-hydrogen) atoms. The number of rotatable bonds is 7. The average molecular weight is 282 g/mol. The largest absolute Gasteiger partial charge is 0.508 e. The Kier molecular flexibility index (Phi) is 5.86. The van der Waals surface area contributed by atoms with Gasteiger partial charge in [-0.05, 0) is 41.7 Å². The zero-order chi connectivity index (χ0) is 15.1. The molecule has 0 spiro atoms. The van der Waals surface area contributed by atoms with E-state index >= 15 is 0 Å². The first kappa shape index (κ1) is 15.6. The summed E-state index contributed by atoms with van der Waals surface area (Å²) in [6, 6.07) is 16.5. The van der Waals surface area contributed by atoms with E-state index < -0.39 is 0 Å². The molecule has 0 aromatic heterocycles. The second-order valence-electron chi connectivity index (χ2n) is 5.87. The van der Waals surface area contributed by atoms with E-state index in [0.29, 0.717) is 11.7 Å². The highest BCUT2D eigenvalue weighted by Gasteiger charge is 2.08. The van der Waals surface area contributed by atoms with Crippen LogP contribution >= 0.6 is 0 Å². The number of aryl methyl sites for hydroxylation is 1. The summed E-state index contributed by atoms with van der Waals surface area (Å²) in [6.07, 6.45) is 6.45.